The van der Waals surface area contributed by atoms with Gasteiger partial charge < -0.3 is 9.47 Å². The van der Waals surface area contributed by atoms with Crippen LogP contribution in [0.5, 0.6) is 11.5 Å². The maximum Gasteiger partial charge on any atom is 0.271 e. The van der Waals surface area contributed by atoms with Crippen molar-refractivity contribution in [2.24, 2.45) is 5.10 Å². The third-order valence-corrected chi connectivity index (χ3v) is 3.15. The van der Waals surface area contributed by atoms with Crippen LogP contribution >= 0.6 is 11.6 Å². The van der Waals surface area contributed by atoms with Gasteiger partial charge in [-0.2, -0.15) is 5.10 Å². The molecule has 0 radical (unpaired) electrons. The highest BCUT2D eigenvalue weighted by molar-refractivity contribution is 6.30. The number of rotatable bonds is 5. The van der Waals surface area contributed by atoms with E-state index in [0.717, 1.165) is 5.56 Å². The third-order valence-electron chi connectivity index (χ3n) is 2.90. The van der Waals surface area contributed by atoms with Crippen LogP contribution in [0.15, 0.2) is 47.6 Å². The van der Waals surface area contributed by atoms with Gasteiger partial charge in [0, 0.05) is 10.6 Å². The molecule has 0 aliphatic rings. The van der Waals surface area contributed by atoms with Crippen LogP contribution in [0, 0.1) is 0 Å². The summed E-state index contributed by atoms with van der Waals surface area (Å²) in [5.74, 6) is 0.701. The van der Waals surface area contributed by atoms with Crippen molar-refractivity contribution < 1.29 is 14.3 Å². The largest absolute Gasteiger partial charge is 0.493 e. The lowest BCUT2D eigenvalue weighted by molar-refractivity contribution is 0.0954. The molecular formula is C16H15ClN2O3. The summed E-state index contributed by atoms with van der Waals surface area (Å²) in [6.45, 7) is 0. The van der Waals surface area contributed by atoms with Crippen molar-refractivity contribution in [2.45, 2.75) is 0 Å². The Morgan fingerprint density at radius 3 is 2.41 bits per heavy atom. The molecule has 0 aromatic heterocycles. The van der Waals surface area contributed by atoms with Crippen molar-refractivity contribution in [3.63, 3.8) is 0 Å². The number of hydrogen-bond donors (Lipinski definition) is 1. The van der Waals surface area contributed by atoms with Crippen molar-refractivity contribution in [1.29, 1.82) is 0 Å². The van der Waals surface area contributed by atoms with Gasteiger partial charge in [0.15, 0.2) is 11.5 Å². The minimum Gasteiger partial charge on any atom is -0.493 e. The normalized spacial score (nSPS) is 10.5. The van der Waals surface area contributed by atoms with Crippen LogP contribution in [-0.4, -0.2) is 26.3 Å². The second-order valence-corrected chi connectivity index (χ2v) is 4.76. The molecule has 0 fully saturated rings. The predicted octanol–water partition coefficient (Wildman–Crippen LogP) is 3.12. The maximum atomic E-state index is 12.0. The zero-order valence-electron chi connectivity index (χ0n) is 12.2. The first kappa shape index (κ1) is 15.9. The van der Waals surface area contributed by atoms with Gasteiger partial charge >= 0.3 is 0 Å². The summed E-state index contributed by atoms with van der Waals surface area (Å²) in [6.07, 6.45) is 1.54. The molecule has 2 aromatic carbocycles. The Kier molecular flexibility index (Phi) is 5.38. The summed E-state index contributed by atoms with van der Waals surface area (Å²) in [7, 11) is 3.05. The van der Waals surface area contributed by atoms with E-state index in [0.29, 0.717) is 22.1 Å². The van der Waals surface area contributed by atoms with Gasteiger partial charge in [0.1, 0.15) is 0 Å². The Bertz CT molecular complexity index is 684. The average molecular weight is 319 g/mol. The van der Waals surface area contributed by atoms with E-state index in [1.54, 1.807) is 42.5 Å². The molecule has 2 aromatic rings. The highest BCUT2D eigenvalue weighted by Crippen LogP contribution is 2.27. The molecule has 0 saturated carbocycles. The molecule has 0 unspecified atom stereocenters. The van der Waals surface area contributed by atoms with E-state index in [1.807, 2.05) is 0 Å². The van der Waals surface area contributed by atoms with E-state index in [4.69, 9.17) is 21.1 Å². The fourth-order valence-corrected chi connectivity index (χ4v) is 1.88. The summed E-state index contributed by atoms with van der Waals surface area (Å²) in [6, 6.07) is 12.0. The van der Waals surface area contributed by atoms with Crippen molar-refractivity contribution in [3.8, 4) is 11.5 Å². The molecule has 0 saturated heterocycles. The average Bonchev–Trinajstić information content (AvgIpc) is 2.55. The molecule has 22 heavy (non-hydrogen) atoms. The van der Waals surface area contributed by atoms with E-state index >= 15 is 0 Å². The Morgan fingerprint density at radius 2 is 1.77 bits per heavy atom. The first-order chi connectivity index (χ1) is 10.6. The number of carbonyl (C=O) groups is 1. The second kappa shape index (κ2) is 7.47. The number of ether oxygens (including phenoxy) is 2. The molecule has 2 rings (SSSR count). The number of benzene rings is 2. The standard InChI is InChI=1S/C16H15ClN2O3/c1-21-14-8-5-12(9-15(14)22-2)16(20)19-18-10-11-3-6-13(17)7-4-11/h3-10H,1-2H3,(H,19,20). The van der Waals surface area contributed by atoms with Gasteiger partial charge in [-0.15, -0.1) is 0 Å². The van der Waals surface area contributed by atoms with E-state index in [-0.39, 0.29) is 5.91 Å². The summed E-state index contributed by atoms with van der Waals surface area (Å²) in [4.78, 5) is 12.0. The summed E-state index contributed by atoms with van der Waals surface area (Å²) in [5.41, 5.74) is 3.70. The van der Waals surface area contributed by atoms with Gasteiger partial charge in [-0.1, -0.05) is 23.7 Å². The van der Waals surface area contributed by atoms with E-state index < -0.39 is 0 Å². The van der Waals surface area contributed by atoms with Gasteiger partial charge in [-0.05, 0) is 35.9 Å². The fraction of sp³-hybridized carbons (Fsp3) is 0.125. The van der Waals surface area contributed by atoms with Crippen LogP contribution < -0.4 is 14.9 Å². The zero-order valence-corrected chi connectivity index (χ0v) is 12.9. The molecule has 0 aliphatic heterocycles. The van der Waals surface area contributed by atoms with Gasteiger partial charge in [0.25, 0.3) is 5.91 Å². The Hall–Kier alpha value is -2.53. The molecule has 0 atom stereocenters. The van der Waals surface area contributed by atoms with Crippen LogP contribution in [0.4, 0.5) is 0 Å². The molecule has 0 heterocycles. The lowest BCUT2D eigenvalue weighted by Gasteiger charge is -2.08. The molecule has 5 nitrogen and oxygen atoms in total. The monoisotopic (exact) mass is 318 g/mol. The van der Waals surface area contributed by atoms with Gasteiger partial charge in [-0.3, -0.25) is 4.79 Å². The van der Waals surface area contributed by atoms with Gasteiger partial charge in [0.05, 0.1) is 20.4 Å². The summed E-state index contributed by atoms with van der Waals surface area (Å²) in [5, 5.41) is 4.55. The first-order valence-electron chi connectivity index (χ1n) is 6.45. The number of amides is 1. The van der Waals surface area contributed by atoms with Gasteiger partial charge in [-0.25, -0.2) is 5.43 Å². The number of halogens is 1. The van der Waals surface area contributed by atoms with E-state index in [9.17, 15) is 4.79 Å². The van der Waals surface area contributed by atoms with Crippen LogP contribution in [0.1, 0.15) is 15.9 Å². The van der Waals surface area contributed by atoms with Crippen molar-refractivity contribution in [3.05, 3.63) is 58.6 Å². The van der Waals surface area contributed by atoms with Crippen molar-refractivity contribution in [2.75, 3.05) is 14.2 Å². The highest BCUT2D eigenvalue weighted by Gasteiger charge is 2.09. The van der Waals surface area contributed by atoms with Crippen LogP contribution in [0.3, 0.4) is 0 Å². The lowest BCUT2D eigenvalue weighted by Crippen LogP contribution is -2.17. The zero-order chi connectivity index (χ0) is 15.9. The fourth-order valence-electron chi connectivity index (χ4n) is 1.76. The maximum absolute atomic E-state index is 12.0. The van der Waals surface area contributed by atoms with Crippen LogP contribution in [0.2, 0.25) is 5.02 Å². The van der Waals surface area contributed by atoms with Crippen molar-refractivity contribution >= 4 is 23.7 Å². The smallest absolute Gasteiger partial charge is 0.271 e. The molecule has 6 heteroatoms. The van der Waals surface area contributed by atoms with Crippen molar-refractivity contribution in [1.82, 2.24) is 5.43 Å². The number of hydrazone groups is 1. The minimum atomic E-state index is -0.342. The quantitative estimate of drug-likeness (QED) is 0.680. The number of methoxy groups -OCH3 is 2. The topological polar surface area (TPSA) is 59.9 Å². The van der Waals surface area contributed by atoms with Crippen LogP contribution in [-0.2, 0) is 0 Å². The first-order valence-corrected chi connectivity index (χ1v) is 6.83. The molecule has 0 aliphatic carbocycles. The minimum absolute atomic E-state index is 0.342. The summed E-state index contributed by atoms with van der Waals surface area (Å²) < 4.78 is 10.3. The SMILES string of the molecule is COc1ccc(C(=O)NN=Cc2ccc(Cl)cc2)cc1OC. The second-order valence-electron chi connectivity index (χ2n) is 4.32. The molecule has 0 bridgehead atoms. The molecule has 0 spiro atoms. The van der Waals surface area contributed by atoms with Gasteiger partial charge in [0.2, 0.25) is 0 Å². The molecular weight excluding hydrogens is 304 g/mol. The molecule has 114 valence electrons. The van der Waals surface area contributed by atoms with E-state index in [1.165, 1.54) is 20.4 Å². The number of hydrogen-bond acceptors (Lipinski definition) is 4. The number of nitrogens with zero attached hydrogens (tertiary/aromatic N) is 1. The molecule has 1 amide bonds. The third kappa shape index (κ3) is 3.99. The lowest BCUT2D eigenvalue weighted by atomic mass is 10.2. The molecule has 1 N–H and O–H groups in total. The summed E-state index contributed by atoms with van der Waals surface area (Å²) >= 11 is 5.79. The Morgan fingerprint density at radius 1 is 1.09 bits per heavy atom. The highest BCUT2D eigenvalue weighted by atomic mass is 35.5. The van der Waals surface area contributed by atoms with Crippen LogP contribution in [0.25, 0.3) is 0 Å². The number of carbonyl (C=O) groups excluding carboxylic acids is 1. The Balaban J connectivity index is 2.04. The van der Waals surface area contributed by atoms with E-state index in [2.05, 4.69) is 10.5 Å². The Labute approximate surface area is 133 Å². The number of nitrogens with one attached hydrogen (secondary N) is 1. The predicted molar refractivity (Wildman–Crippen MR) is 86.1 cm³/mol.